The molecule has 0 bridgehead atoms. The molecule has 0 N–H and O–H groups in total. The molecule has 0 spiro atoms. The molecule has 2 fully saturated rings. The minimum Gasteiger partial charge on any atom is -0.492 e. The number of rotatable bonds is 7. The van der Waals surface area contributed by atoms with E-state index in [4.69, 9.17) is 21.7 Å². The molecule has 4 rings (SSSR count). The predicted molar refractivity (Wildman–Crippen MR) is 178 cm³/mol. The van der Waals surface area contributed by atoms with Crippen molar-refractivity contribution in [3.63, 3.8) is 0 Å². The first-order valence-corrected chi connectivity index (χ1v) is 16.0. The minimum atomic E-state index is -4.78. The van der Waals surface area contributed by atoms with Crippen molar-refractivity contribution in [3.05, 3.63) is 53.1 Å². The molecule has 2 saturated heterocycles. The van der Waals surface area contributed by atoms with Gasteiger partial charge in [0.15, 0.2) is 5.11 Å². The fourth-order valence-corrected chi connectivity index (χ4v) is 6.46. The fraction of sp³-hybridized carbons (Fsp3) is 0.529. The van der Waals surface area contributed by atoms with Gasteiger partial charge in [-0.3, -0.25) is 14.6 Å². The van der Waals surface area contributed by atoms with E-state index in [-0.39, 0.29) is 29.0 Å². The molecule has 0 aromatic heterocycles. The number of hydrogen-bond donors (Lipinski definition) is 0. The lowest BCUT2D eigenvalue weighted by atomic mass is 10.0. The molecular formula is C34H42F3N5O4S. The molecule has 2 aliphatic rings. The summed E-state index contributed by atoms with van der Waals surface area (Å²) in [4.78, 5) is 33.1. The predicted octanol–water partition coefficient (Wildman–Crippen LogP) is 6.76. The number of hydrogen-bond acceptors (Lipinski definition) is 7. The highest BCUT2D eigenvalue weighted by Gasteiger charge is 2.51. The maximum absolute atomic E-state index is 13.7. The number of nitriles is 1. The number of carbonyl (C=O) groups excluding carboxylic acids is 2. The number of alkyl halides is 3. The molecule has 9 nitrogen and oxygen atoms in total. The summed E-state index contributed by atoms with van der Waals surface area (Å²) in [5.41, 5.74) is -2.02. The monoisotopic (exact) mass is 673 g/mol. The number of piperazine rings is 1. The quantitative estimate of drug-likeness (QED) is 0.298. The Morgan fingerprint density at radius 2 is 1.72 bits per heavy atom. The van der Waals surface area contributed by atoms with Crippen molar-refractivity contribution in [2.24, 2.45) is 0 Å². The summed E-state index contributed by atoms with van der Waals surface area (Å²) >= 11 is 5.69. The molecule has 0 unspecified atom stereocenters. The van der Waals surface area contributed by atoms with Gasteiger partial charge in [0, 0.05) is 37.4 Å². The van der Waals surface area contributed by atoms with Crippen LogP contribution in [-0.2, 0) is 22.1 Å². The normalized spacial score (nSPS) is 20.4. The van der Waals surface area contributed by atoms with Crippen LogP contribution in [0.25, 0.3) is 0 Å². The van der Waals surface area contributed by atoms with Crippen LogP contribution in [0.2, 0.25) is 0 Å². The van der Waals surface area contributed by atoms with Crippen molar-refractivity contribution in [1.29, 1.82) is 5.26 Å². The van der Waals surface area contributed by atoms with Crippen LogP contribution < -0.4 is 14.5 Å². The summed E-state index contributed by atoms with van der Waals surface area (Å²) < 4.78 is 52.9. The fourth-order valence-electron chi connectivity index (χ4n) is 5.94. The van der Waals surface area contributed by atoms with Crippen LogP contribution in [0.3, 0.4) is 0 Å². The molecule has 2 amide bonds. The van der Waals surface area contributed by atoms with E-state index in [1.54, 1.807) is 35.8 Å². The summed E-state index contributed by atoms with van der Waals surface area (Å²) in [5.74, 6) is 0.186. The van der Waals surface area contributed by atoms with Gasteiger partial charge < -0.3 is 19.3 Å². The lowest BCUT2D eigenvalue weighted by Crippen LogP contribution is -2.59. The Morgan fingerprint density at radius 1 is 1.06 bits per heavy atom. The summed E-state index contributed by atoms with van der Waals surface area (Å²) in [6, 6.07) is 10.3. The van der Waals surface area contributed by atoms with E-state index in [1.165, 1.54) is 6.07 Å². The zero-order valence-electron chi connectivity index (χ0n) is 28.1. The molecule has 2 aromatic rings. The Morgan fingerprint density at radius 3 is 2.32 bits per heavy atom. The highest BCUT2D eigenvalue weighted by atomic mass is 32.1. The number of benzene rings is 2. The lowest BCUT2D eigenvalue weighted by molar-refractivity contribution is -0.137. The van der Waals surface area contributed by atoms with Crippen molar-refractivity contribution in [1.82, 2.24) is 9.80 Å². The summed E-state index contributed by atoms with van der Waals surface area (Å²) in [6.07, 6.45) is -4.47. The van der Waals surface area contributed by atoms with Crippen molar-refractivity contribution < 1.29 is 32.2 Å². The van der Waals surface area contributed by atoms with Crippen molar-refractivity contribution in [3.8, 4) is 11.8 Å². The first-order chi connectivity index (χ1) is 21.8. The number of amides is 2. The molecule has 13 heteroatoms. The summed E-state index contributed by atoms with van der Waals surface area (Å²) in [6.45, 7) is 17.2. The highest BCUT2D eigenvalue weighted by molar-refractivity contribution is 7.81. The van der Waals surface area contributed by atoms with Gasteiger partial charge in [0.2, 0.25) is 0 Å². The number of anilines is 2. The highest BCUT2D eigenvalue weighted by Crippen LogP contribution is 2.40. The molecule has 254 valence electrons. The van der Waals surface area contributed by atoms with Gasteiger partial charge >= 0.3 is 12.3 Å². The number of ether oxygens (including phenoxy) is 2. The van der Waals surface area contributed by atoms with Gasteiger partial charge in [-0.15, -0.1) is 0 Å². The number of halogens is 3. The Hall–Kier alpha value is -3.89. The van der Waals surface area contributed by atoms with E-state index in [1.807, 2.05) is 46.8 Å². The van der Waals surface area contributed by atoms with Gasteiger partial charge in [0.05, 0.1) is 22.9 Å². The van der Waals surface area contributed by atoms with E-state index < -0.39 is 34.4 Å². The second-order valence-electron chi connectivity index (χ2n) is 13.5. The van der Waals surface area contributed by atoms with Crippen molar-refractivity contribution >= 4 is 40.7 Å². The third-order valence-electron chi connectivity index (χ3n) is 8.42. The molecule has 2 aliphatic heterocycles. The van der Waals surface area contributed by atoms with Gasteiger partial charge in [0.1, 0.15) is 23.5 Å². The van der Waals surface area contributed by atoms with Crippen LogP contribution in [0, 0.1) is 11.3 Å². The Kier molecular flexibility index (Phi) is 10.2. The van der Waals surface area contributed by atoms with Crippen LogP contribution in [0.15, 0.2) is 36.4 Å². The molecule has 0 saturated carbocycles. The van der Waals surface area contributed by atoms with Crippen LogP contribution in [0.5, 0.6) is 5.75 Å². The first-order valence-electron chi connectivity index (χ1n) is 15.6. The first kappa shape index (κ1) is 36.0. The Balaban J connectivity index is 1.48. The average molecular weight is 674 g/mol. The van der Waals surface area contributed by atoms with Gasteiger partial charge in [-0.1, -0.05) is 6.92 Å². The zero-order chi connectivity index (χ0) is 35.1. The average Bonchev–Trinajstić information content (AvgIpc) is 3.15. The standard InChI is InChI=1S/C34H42F3N5O4S/c1-9-23-16-26(12-13-28(23)45-15-14-39-19-22(3)40(20-21(39)2)31(44)46-32(4,5)6)42-30(47)41(29(43)33(42,7)8)25-11-10-24(18-38)27(17-25)34(35,36)37/h10-13,16-17,21-22H,9,14-15,19-20H2,1-8H3/t21-,22-/m1/s1. The van der Waals surface area contributed by atoms with E-state index in [0.717, 1.165) is 22.6 Å². The molecule has 2 atom stereocenters. The van der Waals surface area contributed by atoms with E-state index in [2.05, 4.69) is 11.8 Å². The van der Waals surface area contributed by atoms with Gasteiger partial charge in [-0.05, 0) is 109 Å². The third kappa shape index (κ3) is 7.49. The maximum atomic E-state index is 13.7. The number of aryl methyl sites for hydroxylation is 1. The van der Waals surface area contributed by atoms with Crippen LogP contribution in [0.4, 0.5) is 29.3 Å². The molecule has 2 aromatic carbocycles. The van der Waals surface area contributed by atoms with Crippen molar-refractivity contribution in [2.45, 2.75) is 91.2 Å². The second-order valence-corrected chi connectivity index (χ2v) is 13.8. The zero-order valence-corrected chi connectivity index (χ0v) is 28.9. The maximum Gasteiger partial charge on any atom is 0.417 e. The molecular weight excluding hydrogens is 631 g/mol. The van der Waals surface area contributed by atoms with E-state index in [0.29, 0.717) is 44.1 Å². The van der Waals surface area contributed by atoms with Crippen LogP contribution >= 0.6 is 12.2 Å². The Bertz CT molecular complexity index is 1580. The summed E-state index contributed by atoms with van der Waals surface area (Å²) in [7, 11) is 0. The number of thiocarbonyl (C=S) groups is 1. The van der Waals surface area contributed by atoms with Gasteiger partial charge in [-0.2, -0.15) is 18.4 Å². The summed E-state index contributed by atoms with van der Waals surface area (Å²) in [5, 5.41) is 9.22. The smallest absolute Gasteiger partial charge is 0.417 e. The SMILES string of the molecule is CCc1cc(N2C(=S)N(c3ccc(C#N)c(C(F)(F)F)c3)C(=O)C2(C)C)ccc1OCCN1C[C@@H](C)N(C(=O)OC(C)(C)C)C[C@H]1C. The molecule has 47 heavy (non-hydrogen) atoms. The van der Waals surface area contributed by atoms with Crippen molar-refractivity contribution in [2.75, 3.05) is 36.0 Å². The number of carbonyl (C=O) groups is 2. The largest absolute Gasteiger partial charge is 0.492 e. The van der Waals surface area contributed by atoms with Crippen LogP contribution in [-0.4, -0.2) is 76.4 Å². The van der Waals surface area contributed by atoms with E-state index in [9.17, 15) is 28.0 Å². The van der Waals surface area contributed by atoms with Gasteiger partial charge in [-0.25, -0.2) is 4.79 Å². The Labute approximate surface area is 279 Å². The lowest BCUT2D eigenvalue weighted by Gasteiger charge is -2.44. The van der Waals surface area contributed by atoms with Gasteiger partial charge in [0.25, 0.3) is 5.91 Å². The van der Waals surface area contributed by atoms with E-state index >= 15 is 0 Å². The molecule has 2 heterocycles. The third-order valence-corrected chi connectivity index (χ3v) is 8.78. The molecule has 0 aliphatic carbocycles. The topological polar surface area (TPSA) is 89.4 Å². The number of nitrogens with zero attached hydrogens (tertiary/aromatic N) is 5. The molecule has 0 radical (unpaired) electrons. The second kappa shape index (κ2) is 13.3. The minimum absolute atomic E-state index is 0.0224. The van der Waals surface area contributed by atoms with Crippen LogP contribution in [0.1, 0.15) is 72.1 Å².